The molecule has 0 fully saturated rings. The van der Waals surface area contributed by atoms with Gasteiger partial charge in [0.2, 0.25) is 0 Å². The minimum Gasteiger partial charge on any atom is -0.490 e. The third-order valence-corrected chi connectivity index (χ3v) is 4.35. The van der Waals surface area contributed by atoms with Gasteiger partial charge in [0.25, 0.3) is 0 Å². The molecule has 0 aliphatic carbocycles. The average Bonchev–Trinajstić information content (AvgIpc) is 3.09. The molecule has 1 aliphatic heterocycles. The molecule has 1 aliphatic rings. The van der Waals surface area contributed by atoms with Gasteiger partial charge in [0.1, 0.15) is 0 Å². The van der Waals surface area contributed by atoms with E-state index in [0.29, 0.717) is 25.7 Å². The predicted octanol–water partition coefficient (Wildman–Crippen LogP) is 3.22. The van der Waals surface area contributed by atoms with E-state index in [1.54, 1.807) is 7.05 Å². The van der Waals surface area contributed by atoms with Crippen LogP contribution >= 0.6 is 0 Å². The number of fused-ring (bicyclic) bond motifs is 1. The number of guanidine groups is 1. The second-order valence-electron chi connectivity index (χ2n) is 6.39. The Hall–Kier alpha value is -3.48. The molecule has 2 aromatic carbocycles. The van der Waals surface area contributed by atoms with Crippen LogP contribution in [0.4, 0.5) is 5.69 Å². The molecule has 0 amide bonds. The van der Waals surface area contributed by atoms with Crippen molar-refractivity contribution >= 4 is 11.6 Å². The summed E-state index contributed by atoms with van der Waals surface area (Å²) in [5.41, 5.74) is 2.98. The fourth-order valence-corrected chi connectivity index (χ4v) is 2.92. The maximum Gasteiger partial charge on any atom is 0.195 e. The van der Waals surface area contributed by atoms with E-state index in [4.69, 9.17) is 9.47 Å². The number of aliphatic imine (C=N–C) groups is 1. The lowest BCUT2D eigenvalue weighted by Crippen LogP contribution is -2.30. The van der Waals surface area contributed by atoms with E-state index in [9.17, 15) is 0 Å². The fraction of sp³-hybridized carbons (Fsp3) is 0.238. The number of nitrogens with zero attached hydrogens (tertiary/aromatic N) is 3. The molecule has 0 atom stereocenters. The molecule has 0 spiro atoms. The highest BCUT2D eigenvalue weighted by Crippen LogP contribution is 2.32. The van der Waals surface area contributed by atoms with Crippen LogP contribution in [0.25, 0.3) is 5.69 Å². The van der Waals surface area contributed by atoms with Crippen molar-refractivity contribution in [2.75, 3.05) is 25.6 Å². The molecule has 0 saturated heterocycles. The molecule has 0 bridgehead atoms. The Morgan fingerprint density at radius 2 is 1.93 bits per heavy atom. The Bertz CT molecular complexity index is 952. The van der Waals surface area contributed by atoms with Crippen LogP contribution in [0, 0.1) is 0 Å². The second kappa shape index (κ2) is 8.47. The molecule has 1 aromatic heterocycles. The quantitative estimate of drug-likeness (QED) is 0.540. The number of anilines is 1. The average molecular weight is 377 g/mol. The first-order valence-electron chi connectivity index (χ1n) is 9.28. The van der Waals surface area contributed by atoms with Crippen LogP contribution < -0.4 is 20.1 Å². The number of para-hydroxylation sites is 1. The molecule has 144 valence electrons. The highest BCUT2D eigenvalue weighted by molar-refractivity contribution is 5.93. The Labute approximate surface area is 164 Å². The number of rotatable bonds is 4. The van der Waals surface area contributed by atoms with Crippen molar-refractivity contribution in [1.82, 2.24) is 15.1 Å². The Morgan fingerprint density at radius 3 is 2.75 bits per heavy atom. The molecule has 0 unspecified atom stereocenters. The molecule has 28 heavy (non-hydrogen) atoms. The van der Waals surface area contributed by atoms with Gasteiger partial charge in [-0.25, -0.2) is 4.68 Å². The smallest absolute Gasteiger partial charge is 0.195 e. The molecule has 0 radical (unpaired) electrons. The predicted molar refractivity (Wildman–Crippen MR) is 109 cm³/mol. The van der Waals surface area contributed by atoms with Crippen molar-refractivity contribution in [2.45, 2.75) is 13.0 Å². The SMILES string of the molecule is CN=C(NCc1cnn(-c2ccccc2)c1)Nc1ccc2c(c1)OCCCO2. The summed E-state index contributed by atoms with van der Waals surface area (Å²) in [6.07, 6.45) is 4.74. The van der Waals surface area contributed by atoms with Gasteiger partial charge in [-0.1, -0.05) is 18.2 Å². The molecule has 7 nitrogen and oxygen atoms in total. The van der Waals surface area contributed by atoms with E-state index < -0.39 is 0 Å². The van der Waals surface area contributed by atoms with Gasteiger partial charge in [-0.2, -0.15) is 5.10 Å². The zero-order chi connectivity index (χ0) is 19.2. The van der Waals surface area contributed by atoms with Crippen molar-refractivity contribution in [2.24, 2.45) is 4.99 Å². The minimum atomic E-state index is 0.608. The third kappa shape index (κ3) is 4.25. The van der Waals surface area contributed by atoms with E-state index in [1.165, 1.54) is 0 Å². The fourth-order valence-electron chi connectivity index (χ4n) is 2.92. The maximum absolute atomic E-state index is 5.74. The van der Waals surface area contributed by atoms with Crippen LogP contribution in [0.1, 0.15) is 12.0 Å². The highest BCUT2D eigenvalue weighted by Gasteiger charge is 2.11. The lowest BCUT2D eigenvalue weighted by atomic mass is 10.2. The summed E-state index contributed by atoms with van der Waals surface area (Å²) >= 11 is 0. The van der Waals surface area contributed by atoms with Crippen molar-refractivity contribution in [3.05, 3.63) is 66.5 Å². The van der Waals surface area contributed by atoms with Gasteiger partial charge in [-0.3, -0.25) is 4.99 Å². The maximum atomic E-state index is 5.74. The lowest BCUT2D eigenvalue weighted by Gasteiger charge is -2.13. The largest absolute Gasteiger partial charge is 0.490 e. The van der Waals surface area contributed by atoms with Gasteiger partial charge in [0, 0.05) is 43.5 Å². The third-order valence-electron chi connectivity index (χ3n) is 4.35. The first kappa shape index (κ1) is 17.9. The summed E-state index contributed by atoms with van der Waals surface area (Å²) in [6.45, 7) is 1.95. The number of ether oxygens (including phenoxy) is 2. The number of hydrogen-bond donors (Lipinski definition) is 2. The molecule has 3 aromatic rings. The molecular formula is C21H23N5O2. The molecule has 2 N–H and O–H groups in total. The van der Waals surface area contributed by atoms with E-state index in [2.05, 4.69) is 20.7 Å². The van der Waals surface area contributed by atoms with Crippen LogP contribution in [0.3, 0.4) is 0 Å². The van der Waals surface area contributed by atoms with Gasteiger partial charge in [0.05, 0.1) is 25.1 Å². The van der Waals surface area contributed by atoms with Gasteiger partial charge in [-0.05, 0) is 24.3 Å². The molecule has 7 heteroatoms. The van der Waals surface area contributed by atoms with E-state index in [1.807, 2.05) is 65.6 Å². The van der Waals surface area contributed by atoms with E-state index in [-0.39, 0.29) is 0 Å². The van der Waals surface area contributed by atoms with Crippen LogP contribution in [0.2, 0.25) is 0 Å². The van der Waals surface area contributed by atoms with Crippen LogP contribution in [-0.4, -0.2) is 36.0 Å². The van der Waals surface area contributed by atoms with Crippen LogP contribution in [-0.2, 0) is 6.54 Å². The van der Waals surface area contributed by atoms with Gasteiger partial charge >= 0.3 is 0 Å². The Morgan fingerprint density at radius 1 is 1.11 bits per heavy atom. The number of benzene rings is 2. The number of aromatic nitrogens is 2. The van der Waals surface area contributed by atoms with E-state index >= 15 is 0 Å². The Balaban J connectivity index is 1.38. The zero-order valence-electron chi connectivity index (χ0n) is 15.8. The molecule has 2 heterocycles. The van der Waals surface area contributed by atoms with Crippen LogP contribution in [0.5, 0.6) is 11.5 Å². The van der Waals surface area contributed by atoms with Crippen molar-refractivity contribution in [3.8, 4) is 17.2 Å². The monoisotopic (exact) mass is 377 g/mol. The van der Waals surface area contributed by atoms with Crippen molar-refractivity contribution in [3.63, 3.8) is 0 Å². The zero-order valence-corrected chi connectivity index (χ0v) is 15.8. The normalized spacial score (nSPS) is 13.7. The summed E-state index contributed by atoms with van der Waals surface area (Å²) in [6, 6.07) is 15.8. The number of nitrogens with one attached hydrogen (secondary N) is 2. The second-order valence-corrected chi connectivity index (χ2v) is 6.39. The minimum absolute atomic E-state index is 0.608. The van der Waals surface area contributed by atoms with Gasteiger partial charge in [0.15, 0.2) is 17.5 Å². The first-order chi connectivity index (χ1) is 13.8. The summed E-state index contributed by atoms with van der Waals surface area (Å²) < 4.78 is 13.3. The van der Waals surface area contributed by atoms with E-state index in [0.717, 1.165) is 34.9 Å². The standard InChI is InChI=1S/C21H23N5O2/c1-22-21(25-17-8-9-19-20(12-17)28-11-5-10-27-19)23-13-16-14-24-26(15-16)18-6-3-2-4-7-18/h2-4,6-9,12,14-15H,5,10-11,13H2,1H3,(H2,22,23,25). The number of hydrogen-bond acceptors (Lipinski definition) is 4. The van der Waals surface area contributed by atoms with Crippen molar-refractivity contribution in [1.29, 1.82) is 0 Å². The molecular weight excluding hydrogens is 354 g/mol. The van der Waals surface area contributed by atoms with Crippen LogP contribution in [0.15, 0.2) is 65.9 Å². The first-order valence-corrected chi connectivity index (χ1v) is 9.28. The summed E-state index contributed by atoms with van der Waals surface area (Å²) in [5, 5.41) is 11.0. The topological polar surface area (TPSA) is 72.7 Å². The highest BCUT2D eigenvalue weighted by atomic mass is 16.5. The van der Waals surface area contributed by atoms with Crippen molar-refractivity contribution < 1.29 is 9.47 Å². The summed E-state index contributed by atoms with van der Waals surface area (Å²) in [7, 11) is 1.74. The Kier molecular flexibility index (Phi) is 5.42. The molecule has 0 saturated carbocycles. The molecule has 4 rings (SSSR count). The van der Waals surface area contributed by atoms with Gasteiger partial charge in [-0.15, -0.1) is 0 Å². The van der Waals surface area contributed by atoms with Gasteiger partial charge < -0.3 is 20.1 Å². The summed E-state index contributed by atoms with van der Waals surface area (Å²) in [4.78, 5) is 4.29. The lowest BCUT2D eigenvalue weighted by molar-refractivity contribution is 0.297. The summed E-state index contributed by atoms with van der Waals surface area (Å²) in [5.74, 6) is 2.20.